The van der Waals surface area contributed by atoms with Crippen LogP contribution in [0.3, 0.4) is 0 Å². The van der Waals surface area contributed by atoms with E-state index in [4.69, 9.17) is 5.11 Å². The number of hydrogen-bond donors (Lipinski definition) is 1. The molecule has 0 aliphatic carbocycles. The van der Waals surface area contributed by atoms with E-state index in [2.05, 4.69) is 0 Å². The smallest absolute Gasteiger partial charge is 0.396 e. The zero-order valence-corrected chi connectivity index (χ0v) is 11.7. The number of sulfone groups is 1. The minimum absolute atomic E-state index is 0.00761. The monoisotopic (exact) mass is 310 g/mol. The molecule has 0 heterocycles. The second-order valence-corrected chi connectivity index (χ2v) is 6.76. The summed E-state index contributed by atoms with van der Waals surface area (Å²) in [5.74, 6) is -0.473. The topological polar surface area (TPSA) is 54.4 Å². The van der Waals surface area contributed by atoms with Gasteiger partial charge in [0.05, 0.1) is 17.1 Å². The average Bonchev–Trinajstić information content (AvgIpc) is 2.33. The molecular formula is C13H17F3O3S. The van der Waals surface area contributed by atoms with Gasteiger partial charge in [0.25, 0.3) is 0 Å². The van der Waals surface area contributed by atoms with E-state index in [0.29, 0.717) is 19.3 Å². The highest BCUT2D eigenvalue weighted by Crippen LogP contribution is 2.29. The molecule has 0 saturated heterocycles. The van der Waals surface area contributed by atoms with Gasteiger partial charge in [0.15, 0.2) is 9.84 Å². The van der Waals surface area contributed by atoms with Crippen molar-refractivity contribution in [2.75, 3.05) is 12.4 Å². The van der Waals surface area contributed by atoms with Gasteiger partial charge in [-0.1, -0.05) is 24.6 Å². The number of hydrogen-bond acceptors (Lipinski definition) is 3. The summed E-state index contributed by atoms with van der Waals surface area (Å²) in [5, 5.41) is 8.58. The lowest BCUT2D eigenvalue weighted by Gasteiger charge is -2.09. The van der Waals surface area contributed by atoms with Crippen molar-refractivity contribution in [2.45, 2.75) is 31.2 Å². The minimum Gasteiger partial charge on any atom is -0.396 e. The third-order valence-electron chi connectivity index (χ3n) is 2.75. The van der Waals surface area contributed by atoms with Crippen molar-refractivity contribution in [3.63, 3.8) is 0 Å². The Balaban J connectivity index is 2.68. The normalized spacial score (nSPS) is 12.6. The van der Waals surface area contributed by atoms with E-state index in [1.54, 1.807) is 0 Å². The van der Waals surface area contributed by atoms with E-state index in [1.807, 2.05) is 0 Å². The molecule has 1 rings (SSSR count). The van der Waals surface area contributed by atoms with Gasteiger partial charge in [-0.25, -0.2) is 8.42 Å². The van der Waals surface area contributed by atoms with Crippen molar-refractivity contribution in [1.82, 2.24) is 0 Å². The summed E-state index contributed by atoms with van der Waals surface area (Å²) >= 11 is 0. The van der Waals surface area contributed by atoms with Crippen LogP contribution in [0.5, 0.6) is 0 Å². The predicted molar refractivity (Wildman–Crippen MR) is 69.9 cm³/mol. The van der Waals surface area contributed by atoms with E-state index in [9.17, 15) is 21.6 Å². The van der Waals surface area contributed by atoms with E-state index >= 15 is 0 Å². The van der Waals surface area contributed by atoms with Crippen molar-refractivity contribution in [2.24, 2.45) is 0 Å². The first-order valence-corrected chi connectivity index (χ1v) is 8.04. The fourth-order valence-corrected chi connectivity index (χ4v) is 3.25. The molecular weight excluding hydrogens is 293 g/mol. The summed E-state index contributed by atoms with van der Waals surface area (Å²) in [6, 6.07) is 4.36. The third-order valence-corrected chi connectivity index (χ3v) is 4.44. The van der Waals surface area contributed by atoms with Crippen LogP contribution in [0.2, 0.25) is 0 Å². The molecule has 0 aliphatic heterocycles. The van der Waals surface area contributed by atoms with E-state index in [1.165, 1.54) is 12.1 Å². The lowest BCUT2D eigenvalue weighted by molar-refractivity contribution is -0.137. The number of aliphatic hydroxyl groups is 1. The quantitative estimate of drug-likeness (QED) is 0.788. The molecule has 0 saturated carbocycles. The highest BCUT2D eigenvalue weighted by atomic mass is 32.2. The van der Waals surface area contributed by atoms with E-state index in [-0.39, 0.29) is 17.9 Å². The molecule has 1 N–H and O–H groups in total. The molecule has 0 unspecified atom stereocenters. The number of benzene rings is 1. The first-order chi connectivity index (χ1) is 9.24. The number of halogens is 3. The summed E-state index contributed by atoms with van der Waals surface area (Å²) in [7, 11) is -3.43. The maximum absolute atomic E-state index is 12.5. The Bertz CT molecular complexity index is 524. The number of aliphatic hydroxyl groups excluding tert-OH is 1. The largest absolute Gasteiger partial charge is 0.416 e. The molecule has 1 aromatic rings. The van der Waals surface area contributed by atoms with Crippen LogP contribution in [0.25, 0.3) is 0 Å². The summed E-state index contributed by atoms with van der Waals surface area (Å²) in [5.41, 5.74) is -0.701. The van der Waals surface area contributed by atoms with E-state index in [0.717, 1.165) is 12.1 Å². The third kappa shape index (κ3) is 5.92. The van der Waals surface area contributed by atoms with Crippen LogP contribution in [-0.2, 0) is 21.8 Å². The van der Waals surface area contributed by atoms with Crippen LogP contribution in [0.4, 0.5) is 13.2 Å². The number of rotatable bonds is 7. The van der Waals surface area contributed by atoms with Gasteiger partial charge in [0.1, 0.15) is 0 Å². The SMILES string of the molecule is O=S(=O)(CCCCCO)Cc1cccc(C(F)(F)F)c1. The van der Waals surface area contributed by atoms with Crippen LogP contribution in [-0.4, -0.2) is 25.9 Å². The Morgan fingerprint density at radius 3 is 2.40 bits per heavy atom. The highest BCUT2D eigenvalue weighted by Gasteiger charge is 2.30. The van der Waals surface area contributed by atoms with Crippen LogP contribution < -0.4 is 0 Å². The zero-order valence-electron chi connectivity index (χ0n) is 10.9. The Hall–Kier alpha value is -1.08. The summed E-state index contributed by atoms with van der Waals surface area (Å²) < 4.78 is 61.1. The second kappa shape index (κ2) is 7.08. The molecule has 0 aromatic heterocycles. The first kappa shape index (κ1) is 17.0. The maximum Gasteiger partial charge on any atom is 0.416 e. The lowest BCUT2D eigenvalue weighted by atomic mass is 10.1. The van der Waals surface area contributed by atoms with Gasteiger partial charge >= 0.3 is 6.18 Å². The van der Waals surface area contributed by atoms with Crippen LogP contribution in [0.15, 0.2) is 24.3 Å². The average molecular weight is 310 g/mol. The van der Waals surface area contributed by atoms with Crippen molar-refractivity contribution < 1.29 is 26.7 Å². The molecule has 0 atom stereocenters. The maximum atomic E-state index is 12.5. The van der Waals surface area contributed by atoms with Crippen molar-refractivity contribution in [3.8, 4) is 0 Å². The minimum atomic E-state index is -4.47. The Kier molecular flexibility index (Phi) is 6.01. The Labute approximate surface area is 116 Å². The fourth-order valence-electron chi connectivity index (χ4n) is 1.77. The van der Waals surface area contributed by atoms with Crippen LogP contribution in [0.1, 0.15) is 30.4 Å². The second-order valence-electron chi connectivity index (χ2n) is 4.57. The molecule has 1 aromatic carbocycles. The summed E-state index contributed by atoms with van der Waals surface area (Å²) in [4.78, 5) is 0. The number of alkyl halides is 3. The Morgan fingerprint density at radius 2 is 1.80 bits per heavy atom. The van der Waals surface area contributed by atoms with Gasteiger partial charge in [0.2, 0.25) is 0 Å². The zero-order chi connectivity index (χ0) is 15.2. The van der Waals surface area contributed by atoms with Gasteiger partial charge in [-0.05, 0) is 24.5 Å². The lowest BCUT2D eigenvalue weighted by Crippen LogP contribution is -2.11. The molecule has 0 spiro atoms. The molecule has 0 fully saturated rings. The number of unbranched alkanes of at least 4 members (excludes halogenated alkanes) is 2. The van der Waals surface area contributed by atoms with Gasteiger partial charge in [-0.15, -0.1) is 0 Å². The van der Waals surface area contributed by atoms with Crippen molar-refractivity contribution in [1.29, 1.82) is 0 Å². The van der Waals surface area contributed by atoms with Gasteiger partial charge < -0.3 is 5.11 Å². The predicted octanol–water partition coefficient (Wildman–Crippen LogP) is 2.78. The van der Waals surface area contributed by atoms with Crippen molar-refractivity contribution >= 4 is 9.84 Å². The molecule has 0 radical (unpaired) electrons. The highest BCUT2D eigenvalue weighted by molar-refractivity contribution is 7.90. The van der Waals surface area contributed by atoms with Gasteiger partial charge in [-0.3, -0.25) is 0 Å². The van der Waals surface area contributed by atoms with Crippen LogP contribution >= 0.6 is 0 Å². The summed E-state index contributed by atoms with van der Waals surface area (Å²) in [6.07, 6.45) is -2.96. The molecule has 20 heavy (non-hydrogen) atoms. The fraction of sp³-hybridized carbons (Fsp3) is 0.538. The van der Waals surface area contributed by atoms with Crippen molar-refractivity contribution in [3.05, 3.63) is 35.4 Å². The molecule has 7 heteroatoms. The van der Waals surface area contributed by atoms with Gasteiger partial charge in [-0.2, -0.15) is 13.2 Å². The Morgan fingerprint density at radius 1 is 1.10 bits per heavy atom. The molecule has 114 valence electrons. The van der Waals surface area contributed by atoms with Gasteiger partial charge in [0, 0.05) is 6.61 Å². The molecule has 0 amide bonds. The summed E-state index contributed by atoms with van der Waals surface area (Å²) in [6.45, 7) is 0.00761. The van der Waals surface area contributed by atoms with Crippen LogP contribution in [0, 0.1) is 0 Å². The first-order valence-electron chi connectivity index (χ1n) is 6.22. The molecule has 0 bridgehead atoms. The molecule has 0 aliphatic rings. The molecule has 3 nitrogen and oxygen atoms in total. The van der Waals surface area contributed by atoms with E-state index < -0.39 is 27.3 Å². The standard InChI is InChI=1S/C13H17F3O3S/c14-13(15,16)12-6-4-5-11(9-12)10-20(18,19)8-3-1-2-7-17/h4-6,9,17H,1-3,7-8,10H2.